The molecule has 2 atom stereocenters. The number of aromatic amines is 1. The molecule has 2 aromatic rings. The van der Waals surface area contributed by atoms with E-state index < -0.39 is 36.7 Å². The van der Waals surface area contributed by atoms with Crippen molar-refractivity contribution in [3.63, 3.8) is 0 Å². The lowest BCUT2D eigenvalue weighted by atomic mass is 9.78. The summed E-state index contributed by atoms with van der Waals surface area (Å²) in [6, 6.07) is 1.57. The number of aliphatic hydroxyl groups is 1. The predicted octanol–water partition coefficient (Wildman–Crippen LogP) is 4.70. The zero-order chi connectivity index (χ0) is 19.1. The van der Waals surface area contributed by atoms with Crippen molar-refractivity contribution in [3.05, 3.63) is 51.4 Å². The summed E-state index contributed by atoms with van der Waals surface area (Å²) in [5.74, 6) is -1.91. The lowest BCUT2D eigenvalue weighted by Gasteiger charge is -2.36. The Balaban J connectivity index is 2.15. The molecule has 2 unspecified atom stereocenters. The maximum atomic E-state index is 16.2. The van der Waals surface area contributed by atoms with Crippen LogP contribution in [0.4, 0.5) is 17.6 Å². The van der Waals surface area contributed by atoms with Crippen LogP contribution in [-0.4, -0.2) is 34.5 Å². The molecule has 0 aliphatic heterocycles. The van der Waals surface area contributed by atoms with Crippen LogP contribution in [0.5, 0.6) is 0 Å². The van der Waals surface area contributed by atoms with Crippen molar-refractivity contribution in [2.45, 2.75) is 11.8 Å². The quantitative estimate of drug-likeness (QED) is 0.657. The van der Waals surface area contributed by atoms with Gasteiger partial charge in [-0.25, -0.2) is 9.37 Å². The average molecular weight is 456 g/mol. The molecule has 1 aliphatic carbocycles. The van der Waals surface area contributed by atoms with E-state index in [1.807, 2.05) is 0 Å². The number of alkyl halides is 4. The van der Waals surface area contributed by atoms with Gasteiger partial charge in [-0.2, -0.15) is 13.2 Å². The molecule has 4 nitrogen and oxygen atoms in total. The molecule has 26 heavy (non-hydrogen) atoms. The summed E-state index contributed by atoms with van der Waals surface area (Å²) >= 11 is 9.25. The van der Waals surface area contributed by atoms with E-state index in [0.29, 0.717) is 15.5 Å². The molecule has 0 radical (unpaired) electrons. The third-order valence-electron chi connectivity index (χ3n) is 4.03. The summed E-state index contributed by atoms with van der Waals surface area (Å²) in [6.45, 7) is -2.40. The minimum Gasteiger partial charge on any atom is -0.485 e. The Morgan fingerprint density at radius 3 is 2.77 bits per heavy atom. The fourth-order valence-electron chi connectivity index (χ4n) is 2.88. The maximum Gasteiger partial charge on any atom is 0.422 e. The Morgan fingerprint density at radius 2 is 2.12 bits per heavy atom. The van der Waals surface area contributed by atoms with E-state index in [9.17, 15) is 18.3 Å². The highest BCUT2D eigenvalue weighted by molar-refractivity contribution is 9.10. The number of rotatable bonds is 4. The van der Waals surface area contributed by atoms with Crippen LogP contribution in [0.3, 0.4) is 0 Å². The molecule has 0 saturated heterocycles. The second-order valence-corrected chi connectivity index (χ2v) is 7.04. The maximum absolute atomic E-state index is 16.2. The van der Waals surface area contributed by atoms with E-state index in [0.717, 1.165) is 6.08 Å². The first-order valence-corrected chi connectivity index (χ1v) is 8.54. The van der Waals surface area contributed by atoms with E-state index in [1.54, 1.807) is 6.07 Å². The summed E-state index contributed by atoms with van der Waals surface area (Å²) in [5, 5.41) is 9.95. The molecule has 0 bridgehead atoms. The number of nitrogens with zero attached hydrogens (tertiary/aromatic N) is 1. The van der Waals surface area contributed by atoms with Crippen LogP contribution in [0, 0.1) is 5.92 Å². The molecule has 2 heterocycles. The molecule has 2 N–H and O–H groups in total. The van der Waals surface area contributed by atoms with Crippen molar-refractivity contribution >= 4 is 38.6 Å². The number of fused-ring (bicyclic) bond motifs is 1. The second-order valence-electron chi connectivity index (χ2n) is 5.69. The van der Waals surface area contributed by atoms with Gasteiger partial charge in [-0.05, 0) is 34.1 Å². The third kappa shape index (κ3) is 3.35. The van der Waals surface area contributed by atoms with Gasteiger partial charge in [-0.3, -0.25) is 0 Å². The highest BCUT2D eigenvalue weighted by atomic mass is 79.9. The average Bonchev–Trinajstić information content (AvgIpc) is 2.97. The lowest BCUT2D eigenvalue weighted by Crippen LogP contribution is -2.39. The molecule has 0 aromatic carbocycles. The fourth-order valence-corrected chi connectivity index (χ4v) is 3.49. The van der Waals surface area contributed by atoms with Crippen molar-refractivity contribution < 1.29 is 27.4 Å². The monoisotopic (exact) mass is 454 g/mol. The number of ether oxygens (including phenoxy) is 1. The van der Waals surface area contributed by atoms with E-state index in [4.69, 9.17) is 16.3 Å². The van der Waals surface area contributed by atoms with Crippen LogP contribution in [0.15, 0.2) is 45.9 Å². The Kier molecular flexibility index (Phi) is 5.06. The van der Waals surface area contributed by atoms with Gasteiger partial charge in [0.15, 0.2) is 6.61 Å². The van der Waals surface area contributed by atoms with Crippen LogP contribution in [0.25, 0.3) is 11.0 Å². The third-order valence-corrected chi connectivity index (χ3v) is 4.85. The van der Waals surface area contributed by atoms with Gasteiger partial charge in [0.2, 0.25) is 5.67 Å². The highest BCUT2D eigenvalue weighted by Gasteiger charge is 2.51. The van der Waals surface area contributed by atoms with Gasteiger partial charge in [0.25, 0.3) is 0 Å². The molecule has 0 saturated carbocycles. The number of pyridine rings is 1. The van der Waals surface area contributed by atoms with Crippen LogP contribution < -0.4 is 0 Å². The summed E-state index contributed by atoms with van der Waals surface area (Å²) in [5.41, 5.74) is -2.30. The number of nitrogens with one attached hydrogen (secondary N) is 1. The molecular weight excluding hydrogens is 444 g/mol. The van der Waals surface area contributed by atoms with Gasteiger partial charge in [0.1, 0.15) is 11.4 Å². The molecule has 140 valence electrons. The largest absolute Gasteiger partial charge is 0.485 e. The smallest absolute Gasteiger partial charge is 0.422 e. The molecule has 2 aromatic heterocycles. The van der Waals surface area contributed by atoms with Gasteiger partial charge < -0.3 is 14.8 Å². The van der Waals surface area contributed by atoms with Crippen molar-refractivity contribution in [1.29, 1.82) is 0 Å². The first-order chi connectivity index (χ1) is 12.2. The van der Waals surface area contributed by atoms with Gasteiger partial charge in [0, 0.05) is 32.8 Å². The molecule has 3 rings (SSSR count). The van der Waals surface area contributed by atoms with Crippen molar-refractivity contribution in [2.24, 2.45) is 5.92 Å². The molecule has 0 amide bonds. The molecular formula is C16H12BrClF4N2O2. The minimum absolute atomic E-state index is 0.0278. The molecule has 0 fully saturated rings. The Morgan fingerprint density at radius 1 is 1.38 bits per heavy atom. The van der Waals surface area contributed by atoms with E-state index in [2.05, 4.69) is 25.9 Å². The van der Waals surface area contributed by atoms with Crippen LogP contribution >= 0.6 is 27.5 Å². The van der Waals surface area contributed by atoms with Gasteiger partial charge in [-0.15, -0.1) is 0 Å². The minimum atomic E-state index is -4.65. The van der Waals surface area contributed by atoms with E-state index in [1.165, 1.54) is 18.5 Å². The molecule has 0 spiro atoms. The zero-order valence-corrected chi connectivity index (χ0v) is 15.3. The normalized spacial score (nSPS) is 23.7. The molecule has 10 heteroatoms. The first-order valence-electron chi connectivity index (χ1n) is 7.37. The lowest BCUT2D eigenvalue weighted by molar-refractivity contribution is -0.171. The van der Waals surface area contributed by atoms with Gasteiger partial charge >= 0.3 is 6.18 Å². The van der Waals surface area contributed by atoms with Gasteiger partial charge in [-0.1, -0.05) is 11.6 Å². The van der Waals surface area contributed by atoms with Crippen molar-refractivity contribution in [2.75, 3.05) is 13.2 Å². The summed E-state index contributed by atoms with van der Waals surface area (Å²) in [4.78, 5) is 6.86. The highest BCUT2D eigenvalue weighted by Crippen LogP contribution is 2.50. The number of hydrogen-bond acceptors (Lipinski definition) is 3. The number of allylic oxidation sites excluding steroid dienone is 3. The number of hydrogen-bond donors (Lipinski definition) is 2. The standard InChI is InChI=1S/C16H12BrClF4N2O2/c17-8-3-9-10(5-24-14(9)23-4-8)16(22)11(6-25)12(18)1-2-13(16)26-7-15(19,20)21/h1-5,11,25H,6-7H2,(H,23,24). The second kappa shape index (κ2) is 6.86. The topological polar surface area (TPSA) is 58.1 Å². The summed E-state index contributed by atoms with van der Waals surface area (Å²) < 4.78 is 59.3. The Bertz CT molecular complexity index is 896. The SMILES string of the molecule is OCC1C(Cl)=CC=C(OCC(F)(F)F)C1(F)c1c[nH]c2ncc(Br)cc12. The number of aliphatic hydroxyl groups excluding tert-OH is 1. The summed E-state index contributed by atoms with van der Waals surface area (Å²) in [6.07, 6.45) is 0.389. The fraction of sp³-hybridized carbons (Fsp3) is 0.312. The Hall–Kier alpha value is -1.58. The number of H-pyrrole nitrogens is 1. The van der Waals surface area contributed by atoms with E-state index >= 15 is 4.39 Å². The van der Waals surface area contributed by atoms with Crippen LogP contribution in [-0.2, 0) is 10.4 Å². The predicted molar refractivity (Wildman–Crippen MR) is 91.2 cm³/mol. The van der Waals surface area contributed by atoms with Crippen LogP contribution in [0.2, 0.25) is 0 Å². The van der Waals surface area contributed by atoms with Crippen LogP contribution in [0.1, 0.15) is 5.56 Å². The first kappa shape index (κ1) is 19.2. The van der Waals surface area contributed by atoms with Crippen molar-refractivity contribution in [3.8, 4) is 0 Å². The number of aromatic nitrogens is 2. The number of halogens is 6. The van der Waals surface area contributed by atoms with E-state index in [-0.39, 0.29) is 10.6 Å². The van der Waals surface area contributed by atoms with Gasteiger partial charge in [0.05, 0.1) is 12.5 Å². The molecule has 1 aliphatic rings. The summed E-state index contributed by atoms with van der Waals surface area (Å²) in [7, 11) is 0. The van der Waals surface area contributed by atoms with Crippen molar-refractivity contribution in [1.82, 2.24) is 9.97 Å². The zero-order valence-electron chi connectivity index (χ0n) is 12.9. The Labute approximate surface area is 158 Å².